The highest BCUT2D eigenvalue weighted by molar-refractivity contribution is 6.32. The van der Waals surface area contributed by atoms with Crippen molar-refractivity contribution in [2.75, 3.05) is 18.1 Å². The summed E-state index contributed by atoms with van der Waals surface area (Å²) in [6, 6.07) is 18.2. The first-order chi connectivity index (χ1) is 12.2. The number of hydrogen-bond acceptors (Lipinski definition) is 5. The predicted octanol–water partition coefficient (Wildman–Crippen LogP) is 4.83. The number of nitrogens with zero attached hydrogens (tertiary/aromatic N) is 2. The molecule has 4 rings (SSSR count). The molecule has 4 aromatic rings. The third-order valence-electron chi connectivity index (χ3n) is 3.99. The van der Waals surface area contributed by atoms with E-state index in [1.807, 2.05) is 36.4 Å². The maximum atomic E-state index is 6.27. The third-order valence-corrected chi connectivity index (χ3v) is 4.26. The molecule has 0 spiro atoms. The van der Waals surface area contributed by atoms with Crippen LogP contribution in [0.5, 0.6) is 0 Å². The Labute approximate surface area is 149 Å². The fourth-order valence-electron chi connectivity index (χ4n) is 2.83. The molecule has 6 heteroatoms. The van der Waals surface area contributed by atoms with Crippen molar-refractivity contribution in [3.8, 4) is 22.5 Å². The van der Waals surface area contributed by atoms with E-state index in [1.165, 1.54) is 0 Å². The molecule has 3 N–H and O–H groups in total. The summed E-state index contributed by atoms with van der Waals surface area (Å²) in [6.45, 7) is 0. The summed E-state index contributed by atoms with van der Waals surface area (Å²) < 4.78 is 5.96. The van der Waals surface area contributed by atoms with Gasteiger partial charge in [-0.25, -0.2) is 4.98 Å². The molecule has 0 fully saturated rings. The molecule has 0 saturated heterocycles. The van der Waals surface area contributed by atoms with Crippen LogP contribution in [0.2, 0.25) is 5.15 Å². The molecule has 0 aliphatic rings. The van der Waals surface area contributed by atoms with Gasteiger partial charge in [-0.3, -0.25) is 0 Å². The molecule has 0 aliphatic heterocycles. The number of fused-ring (bicyclic) bond motifs is 1. The van der Waals surface area contributed by atoms with Crippen molar-refractivity contribution >= 4 is 34.3 Å². The second-order valence-electron chi connectivity index (χ2n) is 5.58. The zero-order valence-corrected chi connectivity index (χ0v) is 14.2. The molecule has 0 aliphatic carbocycles. The quantitative estimate of drug-likeness (QED) is 0.517. The van der Waals surface area contributed by atoms with E-state index < -0.39 is 0 Å². The molecule has 0 radical (unpaired) electrons. The lowest BCUT2D eigenvalue weighted by Crippen LogP contribution is -2.02. The zero-order valence-electron chi connectivity index (χ0n) is 13.5. The van der Waals surface area contributed by atoms with Crippen molar-refractivity contribution in [3.63, 3.8) is 0 Å². The molecule has 2 aromatic carbocycles. The van der Waals surface area contributed by atoms with Gasteiger partial charge in [-0.2, -0.15) is 4.98 Å². The number of hydrogen-bond donors (Lipinski definition) is 2. The van der Waals surface area contributed by atoms with Crippen molar-refractivity contribution in [3.05, 3.63) is 59.8 Å². The van der Waals surface area contributed by atoms with E-state index in [0.717, 1.165) is 22.1 Å². The number of halogens is 1. The van der Waals surface area contributed by atoms with Crippen LogP contribution in [0.3, 0.4) is 0 Å². The van der Waals surface area contributed by atoms with Crippen molar-refractivity contribution in [2.45, 2.75) is 0 Å². The minimum atomic E-state index is 0.112. The fourth-order valence-corrected chi connectivity index (χ4v) is 3.09. The van der Waals surface area contributed by atoms with Crippen LogP contribution in [0.1, 0.15) is 0 Å². The Balaban J connectivity index is 1.86. The molecule has 2 heterocycles. The summed E-state index contributed by atoms with van der Waals surface area (Å²) in [5, 5.41) is 4.21. The Morgan fingerprint density at radius 2 is 1.80 bits per heavy atom. The largest absolute Gasteiger partial charge is 0.456 e. The van der Waals surface area contributed by atoms with Gasteiger partial charge >= 0.3 is 0 Å². The monoisotopic (exact) mass is 350 g/mol. The summed E-state index contributed by atoms with van der Waals surface area (Å²) >= 11 is 6.27. The van der Waals surface area contributed by atoms with E-state index in [0.29, 0.717) is 17.1 Å². The molecule has 5 nitrogen and oxygen atoms in total. The van der Waals surface area contributed by atoms with Crippen molar-refractivity contribution in [1.82, 2.24) is 9.97 Å². The SMILES string of the molecule is CNc1nc(N)nc(Cl)c1-c1cc2cc(-c3ccccc3)ccc2o1. The second-order valence-corrected chi connectivity index (χ2v) is 5.93. The lowest BCUT2D eigenvalue weighted by Gasteiger charge is -2.07. The highest BCUT2D eigenvalue weighted by atomic mass is 35.5. The Morgan fingerprint density at radius 1 is 1.00 bits per heavy atom. The molecular formula is C19H15ClN4O. The van der Waals surface area contributed by atoms with E-state index in [2.05, 4.69) is 33.5 Å². The third kappa shape index (κ3) is 2.79. The van der Waals surface area contributed by atoms with Gasteiger partial charge in [0.2, 0.25) is 5.95 Å². The summed E-state index contributed by atoms with van der Waals surface area (Å²) in [6.07, 6.45) is 0. The van der Waals surface area contributed by atoms with E-state index in [9.17, 15) is 0 Å². The first kappa shape index (κ1) is 15.5. The number of rotatable bonds is 3. The van der Waals surface area contributed by atoms with Crippen LogP contribution in [-0.2, 0) is 0 Å². The lowest BCUT2D eigenvalue weighted by atomic mass is 10.0. The van der Waals surface area contributed by atoms with Gasteiger partial charge in [0, 0.05) is 12.4 Å². The average molecular weight is 351 g/mol. The molecule has 0 atom stereocenters. The Bertz CT molecular complexity index is 1060. The number of aromatic nitrogens is 2. The van der Waals surface area contributed by atoms with E-state index in [-0.39, 0.29) is 11.1 Å². The fraction of sp³-hybridized carbons (Fsp3) is 0.0526. The van der Waals surface area contributed by atoms with Gasteiger partial charge in [0.05, 0.1) is 5.56 Å². The average Bonchev–Trinajstić information content (AvgIpc) is 3.04. The van der Waals surface area contributed by atoms with Crippen LogP contribution >= 0.6 is 11.6 Å². The lowest BCUT2D eigenvalue weighted by molar-refractivity contribution is 0.631. The van der Waals surface area contributed by atoms with E-state index >= 15 is 0 Å². The molecule has 0 saturated carbocycles. The first-order valence-corrected chi connectivity index (χ1v) is 8.13. The van der Waals surface area contributed by atoms with Crippen molar-refractivity contribution < 1.29 is 4.42 Å². The van der Waals surface area contributed by atoms with Crippen LogP contribution < -0.4 is 11.1 Å². The number of benzene rings is 2. The number of nitrogens with two attached hydrogens (primary N) is 1. The highest BCUT2D eigenvalue weighted by Crippen LogP contribution is 2.37. The minimum Gasteiger partial charge on any atom is -0.456 e. The van der Waals surface area contributed by atoms with Crippen LogP contribution in [-0.4, -0.2) is 17.0 Å². The van der Waals surface area contributed by atoms with Gasteiger partial charge in [-0.15, -0.1) is 0 Å². The molecule has 0 unspecified atom stereocenters. The van der Waals surface area contributed by atoms with Gasteiger partial charge in [0.25, 0.3) is 0 Å². The van der Waals surface area contributed by atoms with Gasteiger partial charge in [-0.05, 0) is 29.3 Å². The standard InChI is InChI=1S/C19H15ClN4O/c1-22-18-16(17(20)23-19(21)24-18)15-10-13-9-12(7-8-14(13)25-15)11-5-3-2-4-6-11/h2-10H,1H3,(H3,21,22,23,24). The first-order valence-electron chi connectivity index (χ1n) is 7.76. The van der Waals surface area contributed by atoms with Crippen molar-refractivity contribution in [2.24, 2.45) is 0 Å². The van der Waals surface area contributed by atoms with Gasteiger partial charge < -0.3 is 15.5 Å². The molecule has 25 heavy (non-hydrogen) atoms. The molecule has 2 aromatic heterocycles. The number of nitrogen functional groups attached to an aromatic ring is 1. The number of anilines is 2. The van der Waals surface area contributed by atoms with Gasteiger partial charge in [-0.1, -0.05) is 48.0 Å². The van der Waals surface area contributed by atoms with Gasteiger partial charge in [0.1, 0.15) is 22.3 Å². The van der Waals surface area contributed by atoms with Crippen LogP contribution in [0.15, 0.2) is 59.0 Å². The second kappa shape index (κ2) is 6.11. The molecule has 0 amide bonds. The summed E-state index contributed by atoms with van der Waals surface area (Å²) in [7, 11) is 1.75. The smallest absolute Gasteiger partial charge is 0.223 e. The van der Waals surface area contributed by atoms with Crippen molar-refractivity contribution in [1.29, 1.82) is 0 Å². The summed E-state index contributed by atoms with van der Waals surface area (Å²) in [5.74, 6) is 1.23. The molecular weight excluding hydrogens is 336 g/mol. The highest BCUT2D eigenvalue weighted by Gasteiger charge is 2.17. The molecule has 124 valence electrons. The topological polar surface area (TPSA) is 77.0 Å². The van der Waals surface area contributed by atoms with Gasteiger partial charge in [0.15, 0.2) is 0 Å². The minimum absolute atomic E-state index is 0.112. The summed E-state index contributed by atoms with van der Waals surface area (Å²) in [4.78, 5) is 8.20. The van der Waals surface area contributed by atoms with Crippen LogP contribution in [0.4, 0.5) is 11.8 Å². The Morgan fingerprint density at radius 3 is 2.56 bits per heavy atom. The number of nitrogens with one attached hydrogen (secondary N) is 1. The van der Waals surface area contributed by atoms with Crippen LogP contribution in [0, 0.1) is 0 Å². The normalized spacial score (nSPS) is 11.0. The molecule has 0 bridgehead atoms. The Kier molecular flexibility index (Phi) is 3.78. The summed E-state index contributed by atoms with van der Waals surface area (Å²) in [5.41, 5.74) is 9.29. The van der Waals surface area contributed by atoms with Crippen LogP contribution in [0.25, 0.3) is 33.4 Å². The zero-order chi connectivity index (χ0) is 17.4. The van der Waals surface area contributed by atoms with E-state index in [4.69, 9.17) is 21.8 Å². The van der Waals surface area contributed by atoms with E-state index in [1.54, 1.807) is 7.05 Å². The maximum Gasteiger partial charge on any atom is 0.223 e. The maximum absolute atomic E-state index is 6.27. The Hall–Kier alpha value is -3.05. The number of furan rings is 1. The predicted molar refractivity (Wildman–Crippen MR) is 102 cm³/mol.